The van der Waals surface area contributed by atoms with Gasteiger partial charge >= 0.3 is 0 Å². The summed E-state index contributed by atoms with van der Waals surface area (Å²) in [4.78, 5) is 23.5. The van der Waals surface area contributed by atoms with Gasteiger partial charge in [0.05, 0.1) is 37.4 Å². The highest BCUT2D eigenvalue weighted by molar-refractivity contribution is 6.04. The molecule has 0 saturated carbocycles. The molecule has 0 bridgehead atoms. The van der Waals surface area contributed by atoms with Gasteiger partial charge in [0, 0.05) is 18.7 Å². The number of aryl methyl sites for hydroxylation is 2. The average Bonchev–Trinajstić information content (AvgIpc) is 2.65. The van der Waals surface area contributed by atoms with Gasteiger partial charge in [-0.1, -0.05) is 0 Å². The third-order valence-electron chi connectivity index (χ3n) is 4.21. The number of ether oxygens (including phenoxy) is 2. The van der Waals surface area contributed by atoms with Crippen molar-refractivity contribution in [3.63, 3.8) is 0 Å². The molecular formula is C18H21FN4O3. The number of morpholine rings is 1. The minimum Gasteiger partial charge on any atom is -0.494 e. The number of amides is 1. The second-order valence-electron chi connectivity index (χ2n) is 5.97. The summed E-state index contributed by atoms with van der Waals surface area (Å²) in [7, 11) is 1.37. The predicted molar refractivity (Wildman–Crippen MR) is 95.4 cm³/mol. The Balaban J connectivity index is 1.81. The van der Waals surface area contributed by atoms with Crippen LogP contribution in [0.25, 0.3) is 0 Å². The van der Waals surface area contributed by atoms with Crippen molar-refractivity contribution in [2.75, 3.05) is 43.6 Å². The van der Waals surface area contributed by atoms with Crippen molar-refractivity contribution in [3.05, 3.63) is 41.0 Å². The van der Waals surface area contributed by atoms with E-state index in [4.69, 9.17) is 9.47 Å². The Morgan fingerprint density at radius 3 is 2.46 bits per heavy atom. The van der Waals surface area contributed by atoms with Gasteiger partial charge in [-0.15, -0.1) is 0 Å². The van der Waals surface area contributed by atoms with Crippen molar-refractivity contribution in [2.45, 2.75) is 13.8 Å². The Kier molecular flexibility index (Phi) is 5.32. The number of hydrogen-bond donors (Lipinski definition) is 1. The lowest BCUT2D eigenvalue weighted by atomic mass is 10.2. The van der Waals surface area contributed by atoms with Gasteiger partial charge in [0.25, 0.3) is 5.91 Å². The van der Waals surface area contributed by atoms with Crippen LogP contribution in [0.5, 0.6) is 5.75 Å². The van der Waals surface area contributed by atoms with E-state index in [0.29, 0.717) is 36.2 Å². The fourth-order valence-corrected chi connectivity index (χ4v) is 2.78. The third-order valence-corrected chi connectivity index (χ3v) is 4.21. The molecule has 0 radical (unpaired) electrons. The first kappa shape index (κ1) is 18.1. The minimum absolute atomic E-state index is 0.0899. The largest absolute Gasteiger partial charge is 0.494 e. The van der Waals surface area contributed by atoms with E-state index in [2.05, 4.69) is 15.3 Å². The number of halogens is 1. The molecule has 2 heterocycles. The van der Waals surface area contributed by atoms with Crippen molar-refractivity contribution >= 4 is 17.5 Å². The zero-order chi connectivity index (χ0) is 18.7. The van der Waals surface area contributed by atoms with Crippen LogP contribution in [0, 0.1) is 19.7 Å². The van der Waals surface area contributed by atoms with Crippen LogP contribution in [0.1, 0.15) is 21.7 Å². The van der Waals surface area contributed by atoms with Crippen LogP contribution in [-0.4, -0.2) is 49.3 Å². The summed E-state index contributed by atoms with van der Waals surface area (Å²) in [6.45, 7) is 6.36. The van der Waals surface area contributed by atoms with E-state index in [0.717, 1.165) is 19.2 Å². The first-order valence-corrected chi connectivity index (χ1v) is 8.32. The number of anilines is 2. The summed E-state index contributed by atoms with van der Waals surface area (Å²) in [5.74, 6) is -0.308. The maximum absolute atomic E-state index is 13.8. The monoisotopic (exact) mass is 360 g/mol. The van der Waals surface area contributed by atoms with Gasteiger partial charge in [0.1, 0.15) is 0 Å². The summed E-state index contributed by atoms with van der Waals surface area (Å²) in [6, 6.07) is 4.06. The Hall–Kier alpha value is -2.74. The molecule has 0 aliphatic carbocycles. The molecule has 7 nitrogen and oxygen atoms in total. The van der Waals surface area contributed by atoms with E-state index in [-0.39, 0.29) is 11.3 Å². The number of hydrogen-bond acceptors (Lipinski definition) is 6. The van der Waals surface area contributed by atoms with Gasteiger partial charge < -0.3 is 19.7 Å². The standard InChI is InChI=1S/C18H21FN4O3/c1-11-16(12(2)21-18(20-11)23-6-8-26-9-7-23)22-17(24)13-4-5-15(25-3)14(19)10-13/h4-5,10H,6-9H2,1-3H3,(H,22,24). The summed E-state index contributed by atoms with van der Waals surface area (Å²) < 4.78 is 24.0. The quantitative estimate of drug-likeness (QED) is 0.902. The highest BCUT2D eigenvalue weighted by Crippen LogP contribution is 2.23. The number of carbonyl (C=O) groups excluding carboxylic acids is 1. The van der Waals surface area contributed by atoms with Gasteiger partial charge in [0.2, 0.25) is 5.95 Å². The van der Waals surface area contributed by atoms with Gasteiger partial charge in [-0.2, -0.15) is 0 Å². The number of aromatic nitrogens is 2. The Bertz CT molecular complexity index is 799. The van der Waals surface area contributed by atoms with E-state index in [1.54, 1.807) is 0 Å². The van der Waals surface area contributed by atoms with Crippen LogP contribution in [-0.2, 0) is 4.74 Å². The summed E-state index contributed by atoms with van der Waals surface area (Å²) in [5.41, 5.74) is 2.03. The van der Waals surface area contributed by atoms with Crippen LogP contribution in [0.3, 0.4) is 0 Å². The average molecular weight is 360 g/mol. The maximum atomic E-state index is 13.8. The van der Waals surface area contributed by atoms with Crippen molar-refractivity contribution < 1.29 is 18.7 Å². The van der Waals surface area contributed by atoms with E-state index in [9.17, 15) is 9.18 Å². The molecule has 1 aliphatic heterocycles. The molecule has 1 N–H and O–H groups in total. The number of nitrogens with one attached hydrogen (secondary N) is 1. The summed E-state index contributed by atoms with van der Waals surface area (Å²) in [6.07, 6.45) is 0. The van der Waals surface area contributed by atoms with E-state index < -0.39 is 11.7 Å². The van der Waals surface area contributed by atoms with Crippen molar-refractivity contribution in [3.8, 4) is 5.75 Å². The summed E-state index contributed by atoms with van der Waals surface area (Å²) in [5, 5.41) is 2.77. The van der Waals surface area contributed by atoms with Crippen molar-refractivity contribution in [1.82, 2.24) is 9.97 Å². The Labute approximate surface area is 151 Å². The topological polar surface area (TPSA) is 76.6 Å². The SMILES string of the molecule is COc1ccc(C(=O)Nc2c(C)nc(N3CCOCC3)nc2C)cc1F. The molecule has 8 heteroatoms. The van der Waals surface area contributed by atoms with E-state index >= 15 is 0 Å². The molecule has 1 saturated heterocycles. The van der Waals surface area contributed by atoms with Crippen LogP contribution in [0.15, 0.2) is 18.2 Å². The van der Waals surface area contributed by atoms with E-state index in [1.165, 1.54) is 19.2 Å². The van der Waals surface area contributed by atoms with Crippen LogP contribution in [0.4, 0.5) is 16.0 Å². The Morgan fingerprint density at radius 2 is 1.88 bits per heavy atom. The number of nitrogens with zero attached hydrogens (tertiary/aromatic N) is 3. The predicted octanol–water partition coefficient (Wildman–Crippen LogP) is 2.33. The van der Waals surface area contributed by atoms with Crippen LogP contribution >= 0.6 is 0 Å². The van der Waals surface area contributed by atoms with E-state index in [1.807, 2.05) is 18.7 Å². The molecule has 26 heavy (non-hydrogen) atoms. The van der Waals surface area contributed by atoms with Crippen LogP contribution < -0.4 is 15.0 Å². The summed E-state index contributed by atoms with van der Waals surface area (Å²) >= 11 is 0. The highest BCUT2D eigenvalue weighted by Gasteiger charge is 2.18. The normalized spacial score (nSPS) is 14.2. The lowest BCUT2D eigenvalue weighted by molar-refractivity contribution is 0.102. The molecule has 0 atom stereocenters. The number of benzene rings is 1. The molecule has 2 aromatic rings. The molecule has 0 spiro atoms. The minimum atomic E-state index is -0.590. The van der Waals surface area contributed by atoms with Crippen molar-refractivity contribution in [1.29, 1.82) is 0 Å². The molecule has 1 aromatic heterocycles. The maximum Gasteiger partial charge on any atom is 0.255 e. The number of methoxy groups -OCH3 is 1. The van der Waals surface area contributed by atoms with Gasteiger partial charge in [0.15, 0.2) is 11.6 Å². The molecule has 138 valence electrons. The zero-order valence-corrected chi connectivity index (χ0v) is 15.0. The molecule has 3 rings (SSSR count). The molecule has 1 amide bonds. The zero-order valence-electron chi connectivity index (χ0n) is 15.0. The molecule has 0 unspecified atom stereocenters. The molecule has 1 aliphatic rings. The second-order valence-corrected chi connectivity index (χ2v) is 5.97. The first-order valence-electron chi connectivity index (χ1n) is 8.32. The fraction of sp³-hybridized carbons (Fsp3) is 0.389. The highest BCUT2D eigenvalue weighted by atomic mass is 19.1. The number of rotatable bonds is 4. The second kappa shape index (κ2) is 7.65. The molecular weight excluding hydrogens is 339 g/mol. The number of carbonyl (C=O) groups is 1. The molecule has 1 aromatic carbocycles. The van der Waals surface area contributed by atoms with Gasteiger partial charge in [-0.3, -0.25) is 4.79 Å². The van der Waals surface area contributed by atoms with Gasteiger partial charge in [-0.05, 0) is 32.0 Å². The van der Waals surface area contributed by atoms with Crippen molar-refractivity contribution in [2.24, 2.45) is 0 Å². The molecule has 1 fully saturated rings. The Morgan fingerprint density at radius 1 is 1.23 bits per heavy atom. The lowest BCUT2D eigenvalue weighted by Crippen LogP contribution is -2.37. The smallest absolute Gasteiger partial charge is 0.255 e. The van der Waals surface area contributed by atoms with Gasteiger partial charge in [-0.25, -0.2) is 14.4 Å². The lowest BCUT2D eigenvalue weighted by Gasteiger charge is -2.27. The third kappa shape index (κ3) is 3.75. The first-order chi connectivity index (χ1) is 12.5. The van der Waals surface area contributed by atoms with Crippen LogP contribution in [0.2, 0.25) is 0 Å². The fourth-order valence-electron chi connectivity index (χ4n) is 2.78.